The molecule has 1 nitrogen and oxygen atoms in total. The van der Waals surface area contributed by atoms with Gasteiger partial charge in [0.25, 0.3) is 0 Å². The Labute approximate surface area is 117 Å². The molecular weight excluding hydrogens is 327 g/mol. The Hall–Kier alpha value is -0.360. The number of halogens is 4. The second-order valence-corrected chi connectivity index (χ2v) is 6.74. The van der Waals surface area contributed by atoms with E-state index in [2.05, 4.69) is 28.2 Å². The molecule has 2 atom stereocenters. The van der Waals surface area contributed by atoms with Gasteiger partial charge in [-0.05, 0) is 40.5 Å². The Balaban J connectivity index is 2.16. The lowest BCUT2D eigenvalue weighted by Gasteiger charge is -2.16. The molecule has 0 radical (unpaired) electrons. The first-order valence-corrected chi connectivity index (χ1v) is 7.45. The quantitative estimate of drug-likeness (QED) is 0.832. The van der Waals surface area contributed by atoms with Gasteiger partial charge in [0.1, 0.15) is 0 Å². The van der Waals surface area contributed by atoms with Gasteiger partial charge >= 0.3 is 6.18 Å². The fraction of sp³-hybridized carbons (Fsp3) is 0.500. The minimum Gasteiger partial charge on any atom is -0.381 e. The van der Waals surface area contributed by atoms with E-state index < -0.39 is 11.7 Å². The molecule has 1 aromatic rings. The van der Waals surface area contributed by atoms with Crippen LogP contribution in [0.2, 0.25) is 0 Å². The maximum Gasteiger partial charge on any atom is 0.416 e. The number of benzene rings is 1. The zero-order valence-corrected chi connectivity index (χ0v) is 12.1. The summed E-state index contributed by atoms with van der Waals surface area (Å²) in [4.78, 5) is 0. The number of anilines is 1. The molecule has 0 saturated carbocycles. The number of thioether (sulfide) groups is 1. The summed E-state index contributed by atoms with van der Waals surface area (Å²) in [5, 5.41) is 3.75. The molecule has 0 aliphatic carbocycles. The molecule has 0 bridgehead atoms. The van der Waals surface area contributed by atoms with E-state index in [1.165, 1.54) is 6.07 Å². The lowest BCUT2D eigenvalue weighted by Crippen LogP contribution is -2.19. The van der Waals surface area contributed by atoms with Crippen LogP contribution in [0, 0.1) is 0 Å². The van der Waals surface area contributed by atoms with E-state index in [4.69, 9.17) is 0 Å². The Kier molecular flexibility index (Phi) is 4.16. The molecule has 1 fully saturated rings. The van der Waals surface area contributed by atoms with Crippen molar-refractivity contribution in [1.29, 1.82) is 0 Å². The third kappa shape index (κ3) is 3.35. The first kappa shape index (κ1) is 14.1. The van der Waals surface area contributed by atoms with E-state index >= 15 is 0 Å². The highest BCUT2D eigenvalue weighted by molar-refractivity contribution is 9.10. The summed E-state index contributed by atoms with van der Waals surface area (Å²) in [7, 11) is 0. The van der Waals surface area contributed by atoms with E-state index in [1.54, 1.807) is 0 Å². The summed E-state index contributed by atoms with van der Waals surface area (Å²) in [5.74, 6) is 0.934. The van der Waals surface area contributed by atoms with E-state index in [0.29, 0.717) is 15.4 Å². The summed E-state index contributed by atoms with van der Waals surface area (Å²) in [6.45, 7) is 2.13. The molecular formula is C12H13BrF3NS. The average Bonchev–Trinajstić information content (AvgIpc) is 2.66. The Morgan fingerprint density at radius 1 is 1.39 bits per heavy atom. The highest BCUT2D eigenvalue weighted by Gasteiger charge is 2.31. The number of hydrogen-bond donors (Lipinski definition) is 1. The van der Waals surface area contributed by atoms with Crippen LogP contribution in [-0.4, -0.2) is 17.0 Å². The van der Waals surface area contributed by atoms with Gasteiger partial charge < -0.3 is 5.32 Å². The lowest BCUT2D eigenvalue weighted by molar-refractivity contribution is -0.137. The fourth-order valence-corrected chi connectivity index (χ4v) is 3.46. The van der Waals surface area contributed by atoms with Gasteiger partial charge in [-0.3, -0.25) is 0 Å². The van der Waals surface area contributed by atoms with Gasteiger partial charge in [-0.25, -0.2) is 0 Å². The molecule has 1 aliphatic heterocycles. The van der Waals surface area contributed by atoms with E-state index in [0.717, 1.165) is 24.3 Å². The summed E-state index contributed by atoms with van der Waals surface area (Å²) in [5.41, 5.74) is -0.101. The summed E-state index contributed by atoms with van der Waals surface area (Å²) >= 11 is 5.12. The van der Waals surface area contributed by atoms with Crippen LogP contribution in [0.1, 0.15) is 18.9 Å². The first-order valence-electron chi connectivity index (χ1n) is 5.61. The minimum atomic E-state index is -4.30. The molecule has 1 saturated heterocycles. The van der Waals surface area contributed by atoms with Crippen LogP contribution in [0.4, 0.5) is 18.9 Å². The van der Waals surface area contributed by atoms with Gasteiger partial charge in [0.2, 0.25) is 0 Å². The third-order valence-electron chi connectivity index (χ3n) is 2.85. The van der Waals surface area contributed by atoms with Gasteiger partial charge in [-0.1, -0.05) is 6.92 Å². The summed E-state index contributed by atoms with van der Waals surface area (Å²) in [6, 6.07) is 3.93. The molecule has 1 aromatic carbocycles. The van der Waals surface area contributed by atoms with E-state index in [9.17, 15) is 13.2 Å². The SMILES string of the molecule is CC1CC(Nc2cc(C(F)(F)F)ccc2Br)CS1. The molecule has 1 aliphatic rings. The topological polar surface area (TPSA) is 12.0 Å². The minimum absolute atomic E-state index is 0.241. The molecule has 18 heavy (non-hydrogen) atoms. The number of hydrogen-bond acceptors (Lipinski definition) is 2. The van der Waals surface area contributed by atoms with Gasteiger partial charge in [0.05, 0.1) is 5.56 Å². The normalized spacial score (nSPS) is 24.3. The van der Waals surface area contributed by atoms with Crippen molar-refractivity contribution < 1.29 is 13.2 Å². The average molecular weight is 340 g/mol. The van der Waals surface area contributed by atoms with Crippen molar-refractivity contribution in [3.63, 3.8) is 0 Å². The fourth-order valence-electron chi connectivity index (χ4n) is 1.95. The number of nitrogens with one attached hydrogen (secondary N) is 1. The van der Waals surface area contributed by atoms with Gasteiger partial charge in [0, 0.05) is 27.2 Å². The Morgan fingerprint density at radius 2 is 2.11 bits per heavy atom. The largest absolute Gasteiger partial charge is 0.416 e. The second-order valence-electron chi connectivity index (χ2n) is 4.41. The molecule has 1 N–H and O–H groups in total. The van der Waals surface area contributed by atoms with Crippen LogP contribution in [0.5, 0.6) is 0 Å². The van der Waals surface area contributed by atoms with Crippen molar-refractivity contribution in [1.82, 2.24) is 0 Å². The lowest BCUT2D eigenvalue weighted by atomic mass is 10.1. The van der Waals surface area contributed by atoms with Crippen LogP contribution in [0.25, 0.3) is 0 Å². The molecule has 0 amide bonds. The van der Waals surface area contributed by atoms with Crippen LogP contribution in [0.3, 0.4) is 0 Å². The standard InChI is InChI=1S/C12H13BrF3NS/c1-7-4-9(6-18-7)17-11-5-8(12(14,15)16)2-3-10(11)13/h2-3,5,7,9,17H,4,6H2,1H3. The van der Waals surface area contributed by atoms with Crippen LogP contribution < -0.4 is 5.32 Å². The first-order chi connectivity index (χ1) is 8.36. The predicted octanol–water partition coefficient (Wildman–Crippen LogP) is 4.77. The highest BCUT2D eigenvalue weighted by atomic mass is 79.9. The highest BCUT2D eigenvalue weighted by Crippen LogP contribution is 2.35. The Morgan fingerprint density at radius 3 is 2.67 bits per heavy atom. The summed E-state index contributed by atoms with van der Waals surface area (Å²) < 4.78 is 38.6. The molecule has 100 valence electrons. The number of alkyl halides is 3. The van der Waals surface area contributed by atoms with E-state index in [1.807, 2.05) is 11.8 Å². The van der Waals surface area contributed by atoms with Crippen LogP contribution in [-0.2, 0) is 6.18 Å². The van der Waals surface area contributed by atoms with Gasteiger partial charge in [-0.2, -0.15) is 24.9 Å². The Bertz CT molecular complexity index is 436. The maximum atomic E-state index is 12.6. The van der Waals surface area contributed by atoms with E-state index in [-0.39, 0.29) is 6.04 Å². The molecule has 2 rings (SSSR count). The monoisotopic (exact) mass is 339 g/mol. The summed E-state index contributed by atoms with van der Waals surface area (Å²) in [6.07, 6.45) is -3.32. The molecule has 0 aromatic heterocycles. The molecule has 6 heteroatoms. The zero-order chi connectivity index (χ0) is 13.3. The van der Waals surface area contributed by atoms with Crippen LogP contribution >= 0.6 is 27.7 Å². The van der Waals surface area contributed by atoms with Crippen molar-refractivity contribution in [3.8, 4) is 0 Å². The van der Waals surface area contributed by atoms with Crippen LogP contribution in [0.15, 0.2) is 22.7 Å². The third-order valence-corrected chi connectivity index (χ3v) is 4.90. The van der Waals surface area contributed by atoms with Crippen molar-refractivity contribution >= 4 is 33.4 Å². The smallest absolute Gasteiger partial charge is 0.381 e. The van der Waals surface area contributed by atoms with Crippen molar-refractivity contribution in [2.45, 2.75) is 30.8 Å². The van der Waals surface area contributed by atoms with Crippen molar-refractivity contribution in [3.05, 3.63) is 28.2 Å². The zero-order valence-electron chi connectivity index (χ0n) is 9.72. The van der Waals surface area contributed by atoms with Crippen molar-refractivity contribution in [2.75, 3.05) is 11.1 Å². The van der Waals surface area contributed by atoms with Gasteiger partial charge in [-0.15, -0.1) is 0 Å². The molecule has 2 unspecified atom stereocenters. The molecule has 0 spiro atoms. The number of rotatable bonds is 2. The van der Waals surface area contributed by atoms with Crippen molar-refractivity contribution in [2.24, 2.45) is 0 Å². The predicted molar refractivity (Wildman–Crippen MR) is 73.1 cm³/mol. The molecule has 1 heterocycles. The second kappa shape index (κ2) is 5.33. The maximum absolute atomic E-state index is 12.6. The van der Waals surface area contributed by atoms with Gasteiger partial charge in [0.15, 0.2) is 0 Å².